The third-order valence-electron chi connectivity index (χ3n) is 3.02. The molecule has 3 nitrogen and oxygen atoms in total. The van der Waals surface area contributed by atoms with E-state index in [9.17, 15) is 0 Å². The van der Waals surface area contributed by atoms with Crippen molar-refractivity contribution in [3.63, 3.8) is 0 Å². The molecule has 16 heavy (non-hydrogen) atoms. The topological polar surface area (TPSA) is 34.1 Å². The lowest BCUT2D eigenvalue weighted by molar-refractivity contribution is 0.0898. The van der Waals surface area contributed by atoms with Crippen LogP contribution in [0, 0.1) is 5.92 Å². The molecule has 1 aromatic heterocycles. The molecule has 0 bridgehead atoms. The largest absolute Gasteiger partial charge is 0.373 e. The van der Waals surface area contributed by atoms with Crippen molar-refractivity contribution in [2.24, 2.45) is 5.92 Å². The van der Waals surface area contributed by atoms with Gasteiger partial charge in [-0.05, 0) is 18.1 Å². The minimum atomic E-state index is 0.222. The van der Waals surface area contributed by atoms with Gasteiger partial charge >= 0.3 is 0 Å². The number of hydrogen-bond donors (Lipinski definition) is 1. The highest BCUT2D eigenvalue weighted by atomic mass is 16.5. The molecular weight excluding hydrogens is 200 g/mol. The van der Waals surface area contributed by atoms with E-state index >= 15 is 0 Å². The van der Waals surface area contributed by atoms with Crippen LogP contribution in [0.4, 0.5) is 0 Å². The Morgan fingerprint density at radius 2 is 2.44 bits per heavy atom. The van der Waals surface area contributed by atoms with Crippen molar-refractivity contribution in [1.82, 2.24) is 10.3 Å². The molecule has 0 amide bonds. The highest BCUT2D eigenvalue weighted by Crippen LogP contribution is 2.33. The molecule has 0 spiro atoms. The van der Waals surface area contributed by atoms with Gasteiger partial charge in [-0.2, -0.15) is 0 Å². The number of nitrogens with zero attached hydrogens (tertiary/aromatic N) is 1. The molecule has 2 unspecified atom stereocenters. The minimum Gasteiger partial charge on any atom is -0.373 e. The Kier molecular flexibility index (Phi) is 3.91. The molecule has 2 heterocycles. The highest BCUT2D eigenvalue weighted by Gasteiger charge is 2.29. The molecule has 88 valence electrons. The van der Waals surface area contributed by atoms with Crippen molar-refractivity contribution < 1.29 is 4.74 Å². The Morgan fingerprint density at radius 1 is 1.56 bits per heavy atom. The first-order valence-electron chi connectivity index (χ1n) is 6.02. The average molecular weight is 220 g/mol. The molecule has 1 aromatic rings. The molecule has 0 saturated carbocycles. The van der Waals surface area contributed by atoms with E-state index in [0.717, 1.165) is 19.6 Å². The lowest BCUT2D eigenvalue weighted by Gasteiger charge is -2.20. The SMILES string of the molecule is CC(C)NCC1CCOC1c1cccnc1. The van der Waals surface area contributed by atoms with E-state index in [4.69, 9.17) is 4.74 Å². The quantitative estimate of drug-likeness (QED) is 0.844. The van der Waals surface area contributed by atoms with Crippen molar-refractivity contribution in [3.05, 3.63) is 30.1 Å². The van der Waals surface area contributed by atoms with Crippen LogP contribution in [0.25, 0.3) is 0 Å². The Labute approximate surface area is 97.2 Å². The van der Waals surface area contributed by atoms with Crippen LogP contribution in [0.5, 0.6) is 0 Å². The lowest BCUT2D eigenvalue weighted by Crippen LogP contribution is -2.30. The summed E-state index contributed by atoms with van der Waals surface area (Å²) in [5, 5.41) is 3.49. The van der Waals surface area contributed by atoms with Gasteiger partial charge in [-0.25, -0.2) is 0 Å². The zero-order valence-corrected chi connectivity index (χ0v) is 10.0. The molecule has 1 aliphatic heterocycles. The van der Waals surface area contributed by atoms with Crippen molar-refractivity contribution >= 4 is 0 Å². The summed E-state index contributed by atoms with van der Waals surface area (Å²) in [4.78, 5) is 4.16. The molecule has 2 rings (SSSR count). The fourth-order valence-electron chi connectivity index (χ4n) is 2.14. The molecule has 3 heteroatoms. The van der Waals surface area contributed by atoms with Crippen molar-refractivity contribution in [3.8, 4) is 0 Å². The summed E-state index contributed by atoms with van der Waals surface area (Å²) in [7, 11) is 0. The van der Waals surface area contributed by atoms with Crippen LogP contribution >= 0.6 is 0 Å². The van der Waals surface area contributed by atoms with Gasteiger partial charge in [-0.3, -0.25) is 4.98 Å². The number of aromatic nitrogens is 1. The average Bonchev–Trinajstić information content (AvgIpc) is 2.75. The van der Waals surface area contributed by atoms with Gasteiger partial charge in [0.05, 0.1) is 6.10 Å². The second-order valence-electron chi connectivity index (χ2n) is 4.69. The summed E-state index contributed by atoms with van der Waals surface area (Å²) in [6, 6.07) is 4.62. The highest BCUT2D eigenvalue weighted by molar-refractivity contribution is 5.14. The van der Waals surface area contributed by atoms with E-state index in [-0.39, 0.29) is 6.10 Å². The van der Waals surface area contributed by atoms with E-state index in [2.05, 4.69) is 30.2 Å². The van der Waals surface area contributed by atoms with Gasteiger partial charge in [0, 0.05) is 37.5 Å². The Bertz CT molecular complexity index is 313. The third kappa shape index (κ3) is 2.80. The van der Waals surface area contributed by atoms with E-state index in [1.54, 1.807) is 6.20 Å². The van der Waals surface area contributed by atoms with Crippen molar-refractivity contribution in [2.75, 3.05) is 13.2 Å². The molecule has 1 aliphatic rings. The summed E-state index contributed by atoms with van der Waals surface area (Å²) in [5.74, 6) is 0.576. The number of nitrogens with one attached hydrogen (secondary N) is 1. The van der Waals surface area contributed by atoms with Crippen LogP contribution < -0.4 is 5.32 Å². The Hall–Kier alpha value is -0.930. The van der Waals surface area contributed by atoms with Crippen LogP contribution in [0.2, 0.25) is 0 Å². The van der Waals surface area contributed by atoms with Crippen LogP contribution in [-0.2, 0) is 4.74 Å². The molecule has 2 atom stereocenters. The monoisotopic (exact) mass is 220 g/mol. The molecule has 1 saturated heterocycles. The fraction of sp³-hybridized carbons (Fsp3) is 0.615. The van der Waals surface area contributed by atoms with Crippen LogP contribution in [-0.4, -0.2) is 24.2 Å². The van der Waals surface area contributed by atoms with E-state index in [0.29, 0.717) is 12.0 Å². The zero-order valence-electron chi connectivity index (χ0n) is 10.0. The summed E-state index contributed by atoms with van der Waals surface area (Å²) >= 11 is 0. The standard InChI is InChI=1S/C13H20N2O/c1-10(2)15-9-12-5-7-16-13(12)11-4-3-6-14-8-11/h3-4,6,8,10,12-13,15H,5,7,9H2,1-2H3. The van der Waals surface area contributed by atoms with Gasteiger partial charge in [0.2, 0.25) is 0 Å². The maximum Gasteiger partial charge on any atom is 0.0880 e. The number of hydrogen-bond acceptors (Lipinski definition) is 3. The van der Waals surface area contributed by atoms with Crippen molar-refractivity contribution in [2.45, 2.75) is 32.4 Å². The lowest BCUT2D eigenvalue weighted by atomic mass is 9.96. The van der Waals surface area contributed by atoms with Gasteiger partial charge in [-0.1, -0.05) is 19.9 Å². The molecular formula is C13H20N2O. The van der Waals surface area contributed by atoms with Crippen LogP contribution in [0.15, 0.2) is 24.5 Å². The first kappa shape index (κ1) is 11.6. The Balaban J connectivity index is 1.98. The maximum atomic E-state index is 5.80. The number of rotatable bonds is 4. The summed E-state index contributed by atoms with van der Waals surface area (Å²) < 4.78 is 5.80. The van der Waals surface area contributed by atoms with E-state index in [1.165, 1.54) is 5.56 Å². The fourth-order valence-corrected chi connectivity index (χ4v) is 2.14. The minimum absolute atomic E-state index is 0.222. The summed E-state index contributed by atoms with van der Waals surface area (Å²) in [6.45, 7) is 6.24. The smallest absolute Gasteiger partial charge is 0.0880 e. The normalized spacial score (nSPS) is 25.2. The van der Waals surface area contributed by atoms with E-state index in [1.807, 2.05) is 12.3 Å². The zero-order chi connectivity index (χ0) is 11.4. The first-order valence-corrected chi connectivity index (χ1v) is 6.02. The predicted molar refractivity (Wildman–Crippen MR) is 64.2 cm³/mol. The maximum absolute atomic E-state index is 5.80. The molecule has 0 aromatic carbocycles. The van der Waals surface area contributed by atoms with Gasteiger partial charge in [0.1, 0.15) is 0 Å². The second kappa shape index (κ2) is 5.41. The summed E-state index contributed by atoms with van der Waals surface area (Å²) in [5.41, 5.74) is 1.20. The summed E-state index contributed by atoms with van der Waals surface area (Å²) in [6.07, 6.45) is 5.08. The van der Waals surface area contributed by atoms with Gasteiger partial charge < -0.3 is 10.1 Å². The van der Waals surface area contributed by atoms with Crippen LogP contribution in [0.1, 0.15) is 31.9 Å². The predicted octanol–water partition coefficient (Wildman–Crippen LogP) is 2.16. The number of ether oxygens (including phenoxy) is 1. The van der Waals surface area contributed by atoms with E-state index < -0.39 is 0 Å². The van der Waals surface area contributed by atoms with Crippen molar-refractivity contribution in [1.29, 1.82) is 0 Å². The van der Waals surface area contributed by atoms with Gasteiger partial charge in [0.15, 0.2) is 0 Å². The molecule has 1 N–H and O–H groups in total. The molecule has 1 fully saturated rings. The molecule has 0 radical (unpaired) electrons. The molecule has 0 aliphatic carbocycles. The Morgan fingerprint density at radius 3 is 3.12 bits per heavy atom. The number of pyridine rings is 1. The second-order valence-corrected chi connectivity index (χ2v) is 4.69. The third-order valence-corrected chi connectivity index (χ3v) is 3.02. The van der Waals surface area contributed by atoms with Crippen LogP contribution in [0.3, 0.4) is 0 Å². The first-order chi connectivity index (χ1) is 7.77. The van der Waals surface area contributed by atoms with Gasteiger partial charge in [0.25, 0.3) is 0 Å². The van der Waals surface area contributed by atoms with Gasteiger partial charge in [-0.15, -0.1) is 0 Å².